The lowest BCUT2D eigenvalue weighted by Crippen LogP contribution is -2.31. The maximum atomic E-state index is 12.1. The molecule has 0 amide bonds. The van der Waals surface area contributed by atoms with Crippen LogP contribution in [0.1, 0.15) is 26.2 Å². The topological polar surface area (TPSA) is 63.6 Å². The van der Waals surface area contributed by atoms with E-state index in [1.54, 1.807) is 0 Å². The number of ether oxygens (including phenoxy) is 1. The number of carbonyl (C=O) groups excluding carboxylic acids is 2. The van der Waals surface area contributed by atoms with E-state index in [0.717, 1.165) is 11.1 Å². The molecular formula is C14H18O4. The Balaban J connectivity index is 2.42. The highest BCUT2D eigenvalue weighted by molar-refractivity contribution is 5.94. The van der Waals surface area contributed by atoms with Crippen LogP contribution in [0.4, 0.5) is 0 Å². The molecule has 2 rings (SSSR count). The molecule has 0 aromatic carbocycles. The van der Waals surface area contributed by atoms with Crippen molar-refractivity contribution in [2.45, 2.75) is 26.2 Å². The first kappa shape index (κ1) is 13.0. The second-order valence-electron chi connectivity index (χ2n) is 5.13. The number of methoxy groups -OCH3 is 1. The zero-order valence-corrected chi connectivity index (χ0v) is 10.7. The van der Waals surface area contributed by atoms with E-state index in [1.807, 2.05) is 19.1 Å². The van der Waals surface area contributed by atoms with Gasteiger partial charge in [-0.2, -0.15) is 0 Å². The molecule has 1 N–H and O–H groups in total. The summed E-state index contributed by atoms with van der Waals surface area (Å²) >= 11 is 0. The van der Waals surface area contributed by atoms with Crippen LogP contribution >= 0.6 is 0 Å². The number of rotatable bonds is 2. The summed E-state index contributed by atoms with van der Waals surface area (Å²) in [5, 5.41) is 9.30. The molecule has 0 saturated heterocycles. The SMILES string of the molecule is COC(=O)C1CC=C(CO)CC2(C)C(=O)CC=C12. The summed E-state index contributed by atoms with van der Waals surface area (Å²) in [7, 11) is 1.36. The molecule has 0 saturated carbocycles. The molecule has 4 nitrogen and oxygen atoms in total. The van der Waals surface area contributed by atoms with Crippen molar-refractivity contribution in [3.63, 3.8) is 0 Å². The van der Waals surface area contributed by atoms with Crippen LogP contribution in [0.3, 0.4) is 0 Å². The van der Waals surface area contributed by atoms with Gasteiger partial charge < -0.3 is 9.84 Å². The molecule has 98 valence electrons. The van der Waals surface area contributed by atoms with Gasteiger partial charge >= 0.3 is 5.97 Å². The van der Waals surface area contributed by atoms with E-state index < -0.39 is 11.3 Å². The molecule has 4 heteroatoms. The van der Waals surface area contributed by atoms with Gasteiger partial charge in [0, 0.05) is 6.42 Å². The average Bonchev–Trinajstić information content (AvgIpc) is 2.57. The number of aliphatic hydroxyl groups is 1. The van der Waals surface area contributed by atoms with Crippen molar-refractivity contribution >= 4 is 11.8 Å². The van der Waals surface area contributed by atoms with Gasteiger partial charge in [0.25, 0.3) is 0 Å². The summed E-state index contributed by atoms with van der Waals surface area (Å²) in [5.74, 6) is -0.583. The lowest BCUT2D eigenvalue weighted by Gasteiger charge is -2.28. The second-order valence-corrected chi connectivity index (χ2v) is 5.13. The van der Waals surface area contributed by atoms with E-state index in [0.29, 0.717) is 19.3 Å². The summed E-state index contributed by atoms with van der Waals surface area (Å²) in [5.41, 5.74) is 1.04. The monoisotopic (exact) mass is 250 g/mol. The van der Waals surface area contributed by atoms with Crippen LogP contribution in [0.25, 0.3) is 0 Å². The maximum Gasteiger partial charge on any atom is 0.313 e. The fourth-order valence-electron chi connectivity index (χ4n) is 2.97. The van der Waals surface area contributed by atoms with Crippen LogP contribution in [-0.4, -0.2) is 30.6 Å². The normalized spacial score (nSPS) is 31.3. The number of fused-ring (bicyclic) bond motifs is 1. The van der Waals surface area contributed by atoms with Gasteiger partial charge in [0.15, 0.2) is 0 Å². The highest BCUT2D eigenvalue weighted by atomic mass is 16.5. The van der Waals surface area contributed by atoms with E-state index in [1.165, 1.54) is 7.11 Å². The van der Waals surface area contributed by atoms with Gasteiger partial charge in [-0.05, 0) is 30.9 Å². The Hall–Kier alpha value is -1.42. The van der Waals surface area contributed by atoms with E-state index >= 15 is 0 Å². The standard InChI is InChI=1S/C14H18O4/c1-14-7-9(8-15)3-4-10(13(17)18-2)11(14)5-6-12(14)16/h3,5,10,15H,4,6-8H2,1-2H3. The number of Topliss-reactive ketones (excluding diaryl/α,β-unsaturated/α-hetero) is 1. The van der Waals surface area contributed by atoms with Crippen LogP contribution in [0.15, 0.2) is 23.3 Å². The highest BCUT2D eigenvalue weighted by Crippen LogP contribution is 2.47. The molecule has 0 aromatic rings. The van der Waals surface area contributed by atoms with Gasteiger partial charge in [-0.3, -0.25) is 9.59 Å². The Bertz CT molecular complexity index is 447. The third-order valence-electron chi connectivity index (χ3n) is 4.05. The Kier molecular flexibility index (Phi) is 3.39. The van der Waals surface area contributed by atoms with Gasteiger partial charge in [0.05, 0.1) is 25.0 Å². The molecule has 0 aliphatic heterocycles. The number of hydrogen-bond donors (Lipinski definition) is 1. The molecule has 2 atom stereocenters. The zero-order chi connectivity index (χ0) is 13.3. The van der Waals surface area contributed by atoms with Crippen molar-refractivity contribution in [1.29, 1.82) is 0 Å². The summed E-state index contributed by atoms with van der Waals surface area (Å²) in [6.07, 6.45) is 5.09. The van der Waals surface area contributed by atoms with Crippen molar-refractivity contribution in [2.75, 3.05) is 13.7 Å². The van der Waals surface area contributed by atoms with Crippen LogP contribution in [0.5, 0.6) is 0 Å². The quantitative estimate of drug-likeness (QED) is 0.594. The zero-order valence-electron chi connectivity index (χ0n) is 10.7. The first-order valence-electron chi connectivity index (χ1n) is 6.13. The first-order chi connectivity index (χ1) is 8.52. The van der Waals surface area contributed by atoms with Crippen molar-refractivity contribution in [3.05, 3.63) is 23.3 Å². The lowest BCUT2D eigenvalue weighted by atomic mass is 9.74. The Morgan fingerprint density at radius 1 is 1.56 bits per heavy atom. The van der Waals surface area contributed by atoms with Crippen molar-refractivity contribution in [1.82, 2.24) is 0 Å². The number of allylic oxidation sites excluding steroid dienone is 2. The summed E-state index contributed by atoms with van der Waals surface area (Å²) < 4.78 is 4.82. The van der Waals surface area contributed by atoms with Crippen molar-refractivity contribution in [3.8, 4) is 0 Å². The smallest absolute Gasteiger partial charge is 0.313 e. The van der Waals surface area contributed by atoms with Gasteiger partial charge in [0.1, 0.15) is 5.78 Å². The Morgan fingerprint density at radius 2 is 2.28 bits per heavy atom. The van der Waals surface area contributed by atoms with E-state index in [4.69, 9.17) is 4.74 Å². The minimum absolute atomic E-state index is 0.0654. The van der Waals surface area contributed by atoms with Crippen LogP contribution in [0.2, 0.25) is 0 Å². The third kappa shape index (κ3) is 1.90. The Labute approximate surface area is 106 Å². The molecular weight excluding hydrogens is 232 g/mol. The highest BCUT2D eigenvalue weighted by Gasteiger charge is 2.46. The lowest BCUT2D eigenvalue weighted by molar-refractivity contribution is -0.144. The minimum Gasteiger partial charge on any atom is -0.469 e. The third-order valence-corrected chi connectivity index (χ3v) is 4.05. The molecule has 2 unspecified atom stereocenters. The van der Waals surface area contributed by atoms with Crippen molar-refractivity contribution in [2.24, 2.45) is 11.3 Å². The minimum atomic E-state index is -0.649. The molecule has 0 fully saturated rings. The molecule has 0 aromatic heterocycles. The van der Waals surface area contributed by atoms with Gasteiger partial charge in [0.2, 0.25) is 0 Å². The fourth-order valence-corrected chi connectivity index (χ4v) is 2.97. The number of aliphatic hydroxyl groups excluding tert-OH is 1. The van der Waals surface area contributed by atoms with Crippen LogP contribution < -0.4 is 0 Å². The maximum absolute atomic E-state index is 12.1. The summed E-state index contributed by atoms with van der Waals surface area (Å²) in [6.45, 7) is 1.79. The van der Waals surface area contributed by atoms with E-state index in [2.05, 4.69) is 0 Å². The van der Waals surface area contributed by atoms with Gasteiger partial charge in [-0.15, -0.1) is 0 Å². The molecule has 0 spiro atoms. The molecule has 2 aliphatic carbocycles. The predicted molar refractivity (Wildman–Crippen MR) is 65.7 cm³/mol. The molecule has 0 bridgehead atoms. The van der Waals surface area contributed by atoms with Crippen molar-refractivity contribution < 1.29 is 19.4 Å². The largest absolute Gasteiger partial charge is 0.469 e. The van der Waals surface area contributed by atoms with Gasteiger partial charge in [-0.1, -0.05) is 12.2 Å². The van der Waals surface area contributed by atoms with Gasteiger partial charge in [-0.25, -0.2) is 0 Å². The number of carbonyl (C=O) groups is 2. The second kappa shape index (κ2) is 4.69. The first-order valence-corrected chi connectivity index (χ1v) is 6.13. The Morgan fingerprint density at radius 3 is 2.89 bits per heavy atom. The van der Waals surface area contributed by atoms with Crippen LogP contribution in [-0.2, 0) is 14.3 Å². The molecule has 18 heavy (non-hydrogen) atoms. The number of esters is 1. The summed E-state index contributed by atoms with van der Waals surface area (Å²) in [6, 6.07) is 0. The predicted octanol–water partition coefficient (Wildman–Crippen LogP) is 1.39. The van der Waals surface area contributed by atoms with Crippen LogP contribution in [0, 0.1) is 11.3 Å². The number of ketones is 1. The van der Waals surface area contributed by atoms with E-state index in [9.17, 15) is 14.7 Å². The summed E-state index contributed by atoms with van der Waals surface area (Å²) in [4.78, 5) is 23.9. The molecule has 2 aliphatic rings. The number of hydrogen-bond acceptors (Lipinski definition) is 4. The molecule has 0 radical (unpaired) electrons. The van der Waals surface area contributed by atoms with E-state index in [-0.39, 0.29) is 18.4 Å². The molecule has 0 heterocycles. The fraction of sp³-hybridized carbons (Fsp3) is 0.571. The average molecular weight is 250 g/mol.